The van der Waals surface area contributed by atoms with Gasteiger partial charge in [-0.3, -0.25) is 10.3 Å². The Balaban J connectivity index is 1.71. The van der Waals surface area contributed by atoms with Gasteiger partial charge in [0.15, 0.2) is 5.13 Å². The molecule has 0 saturated carbocycles. The van der Waals surface area contributed by atoms with E-state index < -0.39 is 0 Å². The minimum Gasteiger partial charge on any atom is -0.330 e. The maximum absolute atomic E-state index is 12.5. The van der Waals surface area contributed by atoms with Gasteiger partial charge in [0.25, 0.3) is 0 Å². The van der Waals surface area contributed by atoms with Crippen LogP contribution in [-0.4, -0.2) is 16.0 Å². The van der Waals surface area contributed by atoms with Crippen molar-refractivity contribution in [2.45, 2.75) is 26.8 Å². The quantitative estimate of drug-likeness (QED) is 0.674. The van der Waals surface area contributed by atoms with Gasteiger partial charge in [-0.05, 0) is 23.1 Å². The first kappa shape index (κ1) is 18.1. The van der Waals surface area contributed by atoms with E-state index in [2.05, 4.69) is 41.4 Å². The zero-order chi connectivity index (χ0) is 18.6. The number of carbonyl (C=O) groups is 1. The second-order valence-corrected chi connectivity index (χ2v) is 7.95. The van der Waals surface area contributed by atoms with Gasteiger partial charge in [-0.1, -0.05) is 51.1 Å². The number of nitrogens with zero attached hydrogens (tertiary/aromatic N) is 2. The van der Waals surface area contributed by atoms with E-state index in [9.17, 15) is 4.79 Å². The molecule has 1 unspecified atom stereocenters. The van der Waals surface area contributed by atoms with Crippen LogP contribution in [0.15, 0.2) is 60.2 Å². The van der Waals surface area contributed by atoms with Gasteiger partial charge >= 0.3 is 6.03 Å². The van der Waals surface area contributed by atoms with Gasteiger partial charge in [0.05, 0.1) is 11.7 Å². The van der Waals surface area contributed by atoms with Crippen molar-refractivity contribution in [1.82, 2.24) is 15.3 Å². The molecule has 0 radical (unpaired) electrons. The molecule has 2 aromatic heterocycles. The molecular formula is C20H22N4OS. The summed E-state index contributed by atoms with van der Waals surface area (Å²) in [5.41, 5.74) is 2.68. The number of hydrogen-bond donors (Lipinski definition) is 2. The third-order valence-corrected chi connectivity index (χ3v) is 4.71. The fourth-order valence-electron chi connectivity index (χ4n) is 2.69. The Labute approximate surface area is 157 Å². The van der Waals surface area contributed by atoms with Crippen LogP contribution in [0.5, 0.6) is 0 Å². The fraction of sp³-hybridized carbons (Fsp3) is 0.250. The Kier molecular flexibility index (Phi) is 5.32. The number of carbonyl (C=O) groups excluding carboxylic acids is 1. The number of amides is 2. The molecule has 0 aliphatic rings. The molecule has 0 fully saturated rings. The molecule has 0 spiro atoms. The summed E-state index contributed by atoms with van der Waals surface area (Å²) < 4.78 is 0. The molecule has 0 bridgehead atoms. The molecule has 3 rings (SSSR count). The smallest absolute Gasteiger partial charge is 0.321 e. The van der Waals surface area contributed by atoms with E-state index in [1.807, 2.05) is 47.8 Å². The van der Waals surface area contributed by atoms with E-state index in [0.717, 1.165) is 16.8 Å². The SMILES string of the molecule is CC(C)(C)C(NC(=O)Nc1nc(-c2cccnc2)cs1)c1ccccc1. The van der Waals surface area contributed by atoms with Crippen LogP contribution < -0.4 is 10.6 Å². The highest BCUT2D eigenvalue weighted by Gasteiger charge is 2.28. The van der Waals surface area contributed by atoms with Gasteiger partial charge in [-0.15, -0.1) is 11.3 Å². The lowest BCUT2D eigenvalue weighted by Crippen LogP contribution is -2.39. The predicted molar refractivity (Wildman–Crippen MR) is 106 cm³/mol. The molecule has 2 amide bonds. The summed E-state index contributed by atoms with van der Waals surface area (Å²) in [6, 6.07) is 13.4. The van der Waals surface area contributed by atoms with E-state index in [1.165, 1.54) is 11.3 Å². The van der Waals surface area contributed by atoms with E-state index in [1.54, 1.807) is 12.4 Å². The van der Waals surface area contributed by atoms with Crippen LogP contribution >= 0.6 is 11.3 Å². The van der Waals surface area contributed by atoms with Gasteiger partial charge < -0.3 is 5.32 Å². The van der Waals surface area contributed by atoms with Crippen LogP contribution in [0.3, 0.4) is 0 Å². The van der Waals surface area contributed by atoms with Gasteiger partial charge in [-0.25, -0.2) is 9.78 Å². The Morgan fingerprint density at radius 2 is 1.88 bits per heavy atom. The lowest BCUT2D eigenvalue weighted by Gasteiger charge is -2.31. The highest BCUT2D eigenvalue weighted by molar-refractivity contribution is 7.14. The van der Waals surface area contributed by atoms with Gasteiger partial charge in [-0.2, -0.15) is 0 Å². The Morgan fingerprint density at radius 3 is 2.54 bits per heavy atom. The Bertz CT molecular complexity index is 856. The number of pyridine rings is 1. The Hall–Kier alpha value is -2.73. The van der Waals surface area contributed by atoms with Crippen molar-refractivity contribution in [3.05, 3.63) is 65.8 Å². The number of thiazole rings is 1. The molecule has 0 saturated heterocycles. The van der Waals surface area contributed by atoms with Gasteiger partial charge in [0.1, 0.15) is 0 Å². The number of anilines is 1. The first-order valence-corrected chi connectivity index (χ1v) is 9.30. The average molecular weight is 366 g/mol. The summed E-state index contributed by atoms with van der Waals surface area (Å²) >= 11 is 1.39. The monoisotopic (exact) mass is 366 g/mol. The lowest BCUT2D eigenvalue weighted by atomic mass is 9.82. The van der Waals surface area contributed by atoms with Gasteiger partial charge in [0.2, 0.25) is 0 Å². The number of rotatable bonds is 4. The molecule has 1 aromatic carbocycles. The van der Waals surface area contributed by atoms with E-state index in [4.69, 9.17) is 0 Å². The number of nitrogens with one attached hydrogen (secondary N) is 2. The average Bonchev–Trinajstić information content (AvgIpc) is 3.09. The van der Waals surface area contributed by atoms with Crippen LogP contribution in [-0.2, 0) is 0 Å². The van der Waals surface area contributed by atoms with Crippen LogP contribution in [0.1, 0.15) is 32.4 Å². The third kappa shape index (κ3) is 4.46. The zero-order valence-corrected chi connectivity index (χ0v) is 15.9. The minimum absolute atomic E-state index is 0.110. The summed E-state index contributed by atoms with van der Waals surface area (Å²) in [6.07, 6.45) is 3.47. The molecule has 1 atom stereocenters. The second kappa shape index (κ2) is 7.66. The normalized spacial score (nSPS) is 12.4. The highest BCUT2D eigenvalue weighted by atomic mass is 32.1. The maximum atomic E-state index is 12.5. The molecule has 0 aliphatic heterocycles. The van der Waals surface area contributed by atoms with Crippen LogP contribution in [0.2, 0.25) is 0 Å². The summed E-state index contributed by atoms with van der Waals surface area (Å²) in [5.74, 6) is 0. The van der Waals surface area contributed by atoms with E-state index in [0.29, 0.717) is 5.13 Å². The van der Waals surface area contributed by atoms with Crippen molar-refractivity contribution in [1.29, 1.82) is 0 Å². The van der Waals surface area contributed by atoms with Crippen molar-refractivity contribution in [2.75, 3.05) is 5.32 Å². The number of urea groups is 1. The van der Waals surface area contributed by atoms with Gasteiger partial charge in [0, 0.05) is 23.3 Å². The second-order valence-electron chi connectivity index (χ2n) is 7.09. The molecule has 2 N–H and O–H groups in total. The van der Waals surface area contributed by atoms with Crippen molar-refractivity contribution in [3.8, 4) is 11.3 Å². The summed E-state index contributed by atoms with van der Waals surface area (Å²) in [5, 5.41) is 8.38. The maximum Gasteiger partial charge on any atom is 0.321 e. The molecule has 2 heterocycles. The van der Waals surface area contributed by atoms with Crippen molar-refractivity contribution in [2.24, 2.45) is 5.41 Å². The standard InChI is InChI=1S/C20H22N4OS/c1-20(2,3)17(14-8-5-4-6-9-14)23-18(25)24-19-22-16(13-26-19)15-10-7-11-21-12-15/h4-13,17H,1-3H3,(H2,22,23,24,25). The zero-order valence-electron chi connectivity index (χ0n) is 15.1. The summed E-state index contributed by atoms with van der Waals surface area (Å²) in [4.78, 5) is 21.1. The fourth-order valence-corrected chi connectivity index (χ4v) is 3.40. The summed E-state index contributed by atoms with van der Waals surface area (Å²) in [6.45, 7) is 6.32. The van der Waals surface area contributed by atoms with Crippen LogP contribution in [0, 0.1) is 5.41 Å². The van der Waals surface area contributed by atoms with Crippen LogP contribution in [0.25, 0.3) is 11.3 Å². The molecule has 5 nitrogen and oxygen atoms in total. The molecule has 6 heteroatoms. The number of aromatic nitrogens is 2. The minimum atomic E-state index is -0.263. The molecular weight excluding hydrogens is 344 g/mol. The van der Waals surface area contributed by atoms with E-state index in [-0.39, 0.29) is 17.5 Å². The highest BCUT2D eigenvalue weighted by Crippen LogP contribution is 2.32. The molecule has 26 heavy (non-hydrogen) atoms. The summed E-state index contributed by atoms with van der Waals surface area (Å²) in [7, 11) is 0. The Morgan fingerprint density at radius 1 is 1.12 bits per heavy atom. The number of benzene rings is 1. The lowest BCUT2D eigenvalue weighted by molar-refractivity contribution is 0.229. The largest absolute Gasteiger partial charge is 0.330 e. The van der Waals surface area contributed by atoms with Crippen molar-refractivity contribution in [3.63, 3.8) is 0 Å². The van der Waals surface area contributed by atoms with E-state index >= 15 is 0 Å². The molecule has 0 aliphatic carbocycles. The van der Waals surface area contributed by atoms with Crippen molar-refractivity contribution >= 4 is 22.5 Å². The topological polar surface area (TPSA) is 66.9 Å². The predicted octanol–water partition coefficient (Wildman–Crippen LogP) is 5.11. The first-order chi connectivity index (χ1) is 12.4. The molecule has 134 valence electrons. The third-order valence-electron chi connectivity index (χ3n) is 3.96. The molecule has 3 aromatic rings. The first-order valence-electron chi connectivity index (χ1n) is 8.42. The van der Waals surface area contributed by atoms with Crippen molar-refractivity contribution < 1.29 is 4.79 Å². The number of hydrogen-bond acceptors (Lipinski definition) is 4. The van der Waals surface area contributed by atoms with Crippen LogP contribution in [0.4, 0.5) is 9.93 Å².